The topological polar surface area (TPSA) is 51.6 Å². The lowest BCUT2D eigenvalue weighted by molar-refractivity contribution is 1.32. The van der Waals surface area contributed by atoms with E-state index in [1.807, 2.05) is 0 Å². The molecule has 4 heterocycles. The molecule has 384 valence electrons. The molecule has 0 spiro atoms. The van der Waals surface area contributed by atoms with Gasteiger partial charge in [0, 0.05) is 44.5 Å². The summed E-state index contributed by atoms with van der Waals surface area (Å²) in [6, 6.07) is 112. The van der Waals surface area contributed by atoms with Crippen LogP contribution in [0.25, 0.3) is 145 Å². The molecule has 4 heteroatoms. The highest BCUT2D eigenvalue weighted by Crippen LogP contribution is 2.46. The SMILES string of the molecule is c1ccc(-c2cc(-c3cc(-c4cc(-c5ccccc5)nc(-c5ccccc5)c4)c4cc(-c5cc(-c6ccccc6)nc(-c6ccccc6)c5)cc(-c5cc(-c6ccccc6)nc(-c6ccccc6)c5)c4c3)cc(-c3ccccc3)n2)cc1. The summed E-state index contributed by atoms with van der Waals surface area (Å²) in [5, 5.41) is 2.17. The van der Waals surface area contributed by atoms with Crippen LogP contribution in [-0.2, 0) is 0 Å². The summed E-state index contributed by atoms with van der Waals surface area (Å²) in [4.78, 5) is 21.5. The average molecular weight is 1050 g/mol. The molecule has 0 aliphatic heterocycles. The first kappa shape index (κ1) is 49.4. The van der Waals surface area contributed by atoms with Gasteiger partial charge in [0.25, 0.3) is 0 Å². The van der Waals surface area contributed by atoms with E-state index in [4.69, 9.17) is 19.9 Å². The molecule has 14 aromatic rings. The van der Waals surface area contributed by atoms with Gasteiger partial charge in [-0.05, 0) is 128 Å². The summed E-state index contributed by atoms with van der Waals surface area (Å²) in [5.41, 5.74) is 23.8. The molecular formula is C78H52N4. The minimum Gasteiger partial charge on any atom is -0.248 e. The van der Waals surface area contributed by atoms with E-state index in [1.165, 1.54) is 0 Å². The van der Waals surface area contributed by atoms with Crippen molar-refractivity contribution in [2.45, 2.75) is 0 Å². The zero-order valence-electron chi connectivity index (χ0n) is 44.8. The second-order valence-corrected chi connectivity index (χ2v) is 20.6. The molecule has 0 fully saturated rings. The third-order valence-electron chi connectivity index (χ3n) is 15.2. The van der Waals surface area contributed by atoms with Gasteiger partial charge in [0.05, 0.1) is 45.6 Å². The Balaban J connectivity index is 1.13. The summed E-state index contributed by atoms with van der Waals surface area (Å²) in [6.45, 7) is 0. The summed E-state index contributed by atoms with van der Waals surface area (Å²) < 4.78 is 0. The first-order valence-electron chi connectivity index (χ1n) is 27.8. The van der Waals surface area contributed by atoms with Crippen molar-refractivity contribution in [1.29, 1.82) is 0 Å². The largest absolute Gasteiger partial charge is 0.248 e. The third kappa shape index (κ3) is 10.2. The number of pyridine rings is 4. The fourth-order valence-corrected chi connectivity index (χ4v) is 11.1. The molecule has 0 N–H and O–H groups in total. The lowest BCUT2D eigenvalue weighted by Crippen LogP contribution is -1.96. The van der Waals surface area contributed by atoms with Crippen LogP contribution in [0.1, 0.15) is 0 Å². The quantitative estimate of drug-likeness (QED) is 0.122. The van der Waals surface area contributed by atoms with Crippen molar-refractivity contribution in [2.75, 3.05) is 0 Å². The highest BCUT2D eigenvalue weighted by molar-refractivity contribution is 6.10. The number of nitrogens with zero attached hydrogens (tertiary/aromatic N) is 4. The monoisotopic (exact) mass is 1040 g/mol. The van der Waals surface area contributed by atoms with Crippen molar-refractivity contribution in [3.63, 3.8) is 0 Å². The molecule has 0 amide bonds. The Kier molecular flexibility index (Phi) is 13.3. The number of fused-ring (bicyclic) bond motifs is 1. The van der Waals surface area contributed by atoms with E-state index >= 15 is 0 Å². The highest BCUT2D eigenvalue weighted by Gasteiger charge is 2.21. The van der Waals surface area contributed by atoms with Crippen LogP contribution < -0.4 is 0 Å². The molecule has 0 radical (unpaired) electrons. The van der Waals surface area contributed by atoms with Crippen molar-refractivity contribution >= 4 is 10.8 Å². The standard InChI is InChI=1S/C78H52N4/c1-9-25-53(26-10-1)71-45-63(46-72(79-71)54-27-11-2-12-28-54)61-41-67(65-49-75(57-33-17-5-18-34-57)81-76(50-65)58-35-19-6-20-36-58)70-44-62(64-47-73(55-29-13-3-14-30-55)80-74(48-64)56-31-15-4-16-32-56)42-68(69(70)43-61)66-51-77(59-37-21-7-22-38-59)82-78(52-66)60-39-23-8-24-40-60/h1-52H. The molecule has 0 saturated carbocycles. The van der Waals surface area contributed by atoms with Crippen LogP contribution >= 0.6 is 0 Å². The maximum absolute atomic E-state index is 5.41. The van der Waals surface area contributed by atoms with Crippen LogP contribution in [0.15, 0.2) is 315 Å². The second-order valence-electron chi connectivity index (χ2n) is 20.6. The van der Waals surface area contributed by atoms with Gasteiger partial charge < -0.3 is 0 Å². The third-order valence-corrected chi connectivity index (χ3v) is 15.2. The predicted molar refractivity (Wildman–Crippen MR) is 340 cm³/mol. The Morgan fingerprint density at radius 1 is 0.134 bits per heavy atom. The molecule has 0 aliphatic rings. The highest BCUT2D eigenvalue weighted by atomic mass is 14.7. The summed E-state index contributed by atoms with van der Waals surface area (Å²) in [6.07, 6.45) is 0. The molecular weight excluding hydrogens is 993 g/mol. The first-order chi connectivity index (χ1) is 40.6. The maximum Gasteiger partial charge on any atom is 0.0715 e. The zero-order chi connectivity index (χ0) is 54.6. The molecule has 0 bridgehead atoms. The van der Waals surface area contributed by atoms with E-state index in [2.05, 4.69) is 315 Å². The van der Waals surface area contributed by atoms with Crippen molar-refractivity contribution in [2.24, 2.45) is 0 Å². The second kappa shape index (κ2) is 22.1. The normalized spacial score (nSPS) is 11.2. The molecule has 82 heavy (non-hydrogen) atoms. The molecule has 0 aliphatic carbocycles. The number of rotatable bonds is 12. The molecule has 0 unspecified atom stereocenters. The number of benzene rings is 10. The van der Waals surface area contributed by atoms with Crippen molar-refractivity contribution in [3.8, 4) is 135 Å². The van der Waals surface area contributed by atoms with E-state index in [9.17, 15) is 0 Å². The number of hydrogen-bond acceptors (Lipinski definition) is 4. The maximum atomic E-state index is 5.41. The van der Waals surface area contributed by atoms with Crippen molar-refractivity contribution in [1.82, 2.24) is 19.9 Å². The van der Waals surface area contributed by atoms with Gasteiger partial charge in [0.2, 0.25) is 0 Å². The minimum atomic E-state index is 0.886. The molecule has 10 aromatic carbocycles. The Hall–Kier alpha value is -10.9. The fraction of sp³-hybridized carbons (Fsp3) is 0. The van der Waals surface area contributed by atoms with Crippen LogP contribution in [0.4, 0.5) is 0 Å². The van der Waals surface area contributed by atoms with E-state index in [0.717, 1.165) is 145 Å². The Labute approximate surface area is 478 Å². The average Bonchev–Trinajstić information content (AvgIpc) is 3.46. The Bertz CT molecular complexity index is 4030. The van der Waals surface area contributed by atoms with Crippen LogP contribution in [0.2, 0.25) is 0 Å². The summed E-state index contributed by atoms with van der Waals surface area (Å²) in [5.74, 6) is 0. The molecule has 14 rings (SSSR count). The summed E-state index contributed by atoms with van der Waals surface area (Å²) >= 11 is 0. The van der Waals surface area contributed by atoms with E-state index in [0.29, 0.717) is 0 Å². The minimum absolute atomic E-state index is 0.886. The van der Waals surface area contributed by atoms with Gasteiger partial charge in [0.15, 0.2) is 0 Å². The van der Waals surface area contributed by atoms with Crippen LogP contribution in [0.5, 0.6) is 0 Å². The number of hydrogen-bond donors (Lipinski definition) is 0. The van der Waals surface area contributed by atoms with Crippen LogP contribution in [-0.4, -0.2) is 19.9 Å². The van der Waals surface area contributed by atoms with Crippen molar-refractivity contribution < 1.29 is 0 Å². The number of aromatic nitrogens is 4. The summed E-state index contributed by atoms with van der Waals surface area (Å²) in [7, 11) is 0. The fourth-order valence-electron chi connectivity index (χ4n) is 11.1. The molecule has 4 aromatic heterocycles. The van der Waals surface area contributed by atoms with Gasteiger partial charge in [-0.25, -0.2) is 19.9 Å². The smallest absolute Gasteiger partial charge is 0.0715 e. The van der Waals surface area contributed by atoms with Gasteiger partial charge in [0.1, 0.15) is 0 Å². The predicted octanol–water partition coefficient (Wildman–Crippen LogP) is 20.4. The molecule has 4 nitrogen and oxygen atoms in total. The Morgan fingerprint density at radius 3 is 0.476 bits per heavy atom. The van der Waals surface area contributed by atoms with E-state index in [1.54, 1.807) is 0 Å². The van der Waals surface area contributed by atoms with Gasteiger partial charge in [-0.15, -0.1) is 0 Å². The van der Waals surface area contributed by atoms with Gasteiger partial charge in [-0.3, -0.25) is 0 Å². The van der Waals surface area contributed by atoms with Crippen molar-refractivity contribution in [3.05, 3.63) is 315 Å². The van der Waals surface area contributed by atoms with Gasteiger partial charge in [-0.2, -0.15) is 0 Å². The molecule has 0 saturated heterocycles. The van der Waals surface area contributed by atoms with Crippen LogP contribution in [0.3, 0.4) is 0 Å². The first-order valence-corrected chi connectivity index (χ1v) is 27.8. The zero-order valence-corrected chi connectivity index (χ0v) is 44.8. The van der Waals surface area contributed by atoms with E-state index in [-0.39, 0.29) is 0 Å². The lowest BCUT2D eigenvalue weighted by Gasteiger charge is -2.20. The van der Waals surface area contributed by atoms with Gasteiger partial charge >= 0.3 is 0 Å². The van der Waals surface area contributed by atoms with Gasteiger partial charge in [-0.1, -0.05) is 243 Å². The van der Waals surface area contributed by atoms with E-state index < -0.39 is 0 Å². The lowest BCUT2D eigenvalue weighted by atomic mass is 9.85. The van der Waals surface area contributed by atoms with Crippen LogP contribution in [0, 0.1) is 0 Å². The Morgan fingerprint density at radius 2 is 0.293 bits per heavy atom. The molecule has 0 atom stereocenters.